The molecular weight excluding hydrogens is 342 g/mol. The molecule has 3 fully saturated rings. The van der Waals surface area contributed by atoms with Crippen molar-refractivity contribution in [2.45, 2.75) is 59.2 Å². The van der Waals surface area contributed by atoms with Crippen LogP contribution >= 0.6 is 0 Å². The first kappa shape index (κ1) is 18.8. The predicted octanol–water partition coefficient (Wildman–Crippen LogP) is 0.921. The molecule has 0 N–H and O–H groups in total. The quantitative estimate of drug-likeness (QED) is 0.689. The molecule has 2 amide bonds. The zero-order valence-corrected chi connectivity index (χ0v) is 16.7. The third-order valence-corrected chi connectivity index (χ3v) is 8.74. The zero-order valence-electron chi connectivity index (χ0n) is 15.8. The van der Waals surface area contributed by atoms with Gasteiger partial charge in [-0.15, -0.1) is 0 Å². The SMILES string of the molecule is CC(C)N(C)S(=O)(=O)N1CC[C@H]2[C@H]1[C@H](C)C(=O)N2C(=O)C1[C@@H](C)[C@H]1C. The van der Waals surface area contributed by atoms with Crippen molar-refractivity contribution in [1.29, 1.82) is 0 Å². The van der Waals surface area contributed by atoms with E-state index in [4.69, 9.17) is 0 Å². The summed E-state index contributed by atoms with van der Waals surface area (Å²) in [6.45, 7) is 9.79. The molecule has 0 bridgehead atoms. The number of fused-ring (bicyclic) bond motifs is 1. The molecule has 1 aliphatic carbocycles. The average Bonchev–Trinajstić information content (AvgIpc) is 2.88. The Kier molecular flexibility index (Phi) is 4.53. The lowest BCUT2D eigenvalue weighted by molar-refractivity contribution is -0.146. The van der Waals surface area contributed by atoms with Crippen molar-refractivity contribution in [3.63, 3.8) is 0 Å². The Morgan fingerprint density at radius 1 is 1.20 bits per heavy atom. The molecule has 1 saturated carbocycles. The minimum Gasteiger partial charge on any atom is -0.277 e. The number of imide groups is 1. The van der Waals surface area contributed by atoms with E-state index in [1.54, 1.807) is 14.0 Å². The lowest BCUT2D eigenvalue weighted by Gasteiger charge is -2.31. The molecular formula is C17H29N3O4S. The second-order valence-electron chi connectivity index (χ2n) is 8.15. The first-order valence-corrected chi connectivity index (χ1v) is 10.5. The van der Waals surface area contributed by atoms with Crippen LogP contribution in [0.4, 0.5) is 0 Å². The Morgan fingerprint density at radius 2 is 1.76 bits per heavy atom. The van der Waals surface area contributed by atoms with E-state index in [9.17, 15) is 18.0 Å². The van der Waals surface area contributed by atoms with E-state index < -0.39 is 22.2 Å². The van der Waals surface area contributed by atoms with Crippen molar-refractivity contribution in [3.05, 3.63) is 0 Å². The van der Waals surface area contributed by atoms with Crippen LogP contribution in [-0.4, -0.2) is 65.5 Å². The van der Waals surface area contributed by atoms with E-state index >= 15 is 0 Å². The molecule has 0 aromatic rings. The Hall–Kier alpha value is -0.990. The molecule has 7 nitrogen and oxygen atoms in total. The van der Waals surface area contributed by atoms with E-state index in [1.807, 2.05) is 27.7 Å². The number of amides is 2. The van der Waals surface area contributed by atoms with Gasteiger partial charge in [0.25, 0.3) is 10.2 Å². The monoisotopic (exact) mass is 371 g/mol. The maximum atomic E-state index is 12.9. The molecule has 142 valence electrons. The normalized spacial score (nSPS) is 38.7. The lowest BCUT2D eigenvalue weighted by Crippen LogP contribution is -2.49. The second-order valence-corrected chi connectivity index (χ2v) is 10.1. The van der Waals surface area contributed by atoms with Gasteiger partial charge >= 0.3 is 0 Å². The van der Waals surface area contributed by atoms with E-state index in [-0.39, 0.29) is 29.8 Å². The second kappa shape index (κ2) is 6.03. The van der Waals surface area contributed by atoms with Crippen LogP contribution in [0.15, 0.2) is 0 Å². The van der Waals surface area contributed by atoms with Crippen molar-refractivity contribution in [2.75, 3.05) is 13.6 Å². The van der Waals surface area contributed by atoms with E-state index in [2.05, 4.69) is 0 Å². The topological polar surface area (TPSA) is 78.0 Å². The van der Waals surface area contributed by atoms with Crippen molar-refractivity contribution in [1.82, 2.24) is 13.5 Å². The molecule has 3 rings (SSSR count). The molecule has 6 atom stereocenters. The standard InChI is InChI=1S/C17H29N3O4S/c1-9(2)18(6)25(23,24)19-8-7-13-15(19)12(5)16(21)20(13)17(22)14-10(3)11(14)4/h9-15H,7-8H2,1-6H3/t10-,11+,12-,13-,14?,15+/m0/s1. The van der Waals surface area contributed by atoms with Gasteiger partial charge in [0.15, 0.2) is 0 Å². The Morgan fingerprint density at radius 3 is 2.24 bits per heavy atom. The highest BCUT2D eigenvalue weighted by atomic mass is 32.2. The van der Waals surface area contributed by atoms with Crippen molar-refractivity contribution in [3.8, 4) is 0 Å². The number of nitrogens with zero attached hydrogens (tertiary/aromatic N) is 3. The molecule has 25 heavy (non-hydrogen) atoms. The molecule has 2 heterocycles. The van der Waals surface area contributed by atoms with E-state index in [0.29, 0.717) is 24.8 Å². The van der Waals surface area contributed by atoms with Gasteiger partial charge in [-0.3, -0.25) is 14.5 Å². The first-order chi connectivity index (χ1) is 11.5. The minimum absolute atomic E-state index is 0.0982. The molecule has 2 saturated heterocycles. The van der Waals surface area contributed by atoms with E-state index in [0.717, 1.165) is 0 Å². The van der Waals surface area contributed by atoms with Gasteiger partial charge in [-0.2, -0.15) is 17.0 Å². The fourth-order valence-electron chi connectivity index (χ4n) is 4.41. The summed E-state index contributed by atoms with van der Waals surface area (Å²) in [4.78, 5) is 27.0. The minimum atomic E-state index is -3.65. The molecule has 0 radical (unpaired) electrons. The summed E-state index contributed by atoms with van der Waals surface area (Å²) < 4.78 is 28.6. The summed E-state index contributed by atoms with van der Waals surface area (Å²) in [6.07, 6.45) is 0.521. The molecule has 8 heteroatoms. The summed E-state index contributed by atoms with van der Waals surface area (Å²) in [6, 6.07) is -0.945. The van der Waals surface area contributed by atoms with Crippen molar-refractivity contribution < 1.29 is 18.0 Å². The van der Waals surface area contributed by atoms with Crippen LogP contribution in [-0.2, 0) is 19.8 Å². The van der Waals surface area contributed by atoms with Crippen molar-refractivity contribution >= 4 is 22.0 Å². The molecule has 2 aliphatic heterocycles. The highest BCUT2D eigenvalue weighted by Crippen LogP contribution is 2.49. The van der Waals surface area contributed by atoms with Gasteiger partial charge in [0.2, 0.25) is 11.8 Å². The maximum Gasteiger partial charge on any atom is 0.282 e. The lowest BCUT2D eigenvalue weighted by atomic mass is 10.0. The predicted molar refractivity (Wildman–Crippen MR) is 93.6 cm³/mol. The summed E-state index contributed by atoms with van der Waals surface area (Å²) in [7, 11) is -2.09. The van der Waals surface area contributed by atoms with Crippen LogP contribution in [0.25, 0.3) is 0 Å². The summed E-state index contributed by atoms with van der Waals surface area (Å²) in [5.41, 5.74) is 0. The van der Waals surface area contributed by atoms with Gasteiger partial charge in [0, 0.05) is 25.6 Å². The molecule has 0 aromatic carbocycles. The first-order valence-electron chi connectivity index (χ1n) is 9.13. The molecule has 0 spiro atoms. The summed E-state index contributed by atoms with van der Waals surface area (Å²) in [5, 5.41) is 0. The van der Waals surface area contributed by atoms with Crippen LogP contribution in [0, 0.1) is 23.7 Å². The van der Waals surface area contributed by atoms with Gasteiger partial charge in [0.05, 0.1) is 18.0 Å². The number of likely N-dealkylation sites (tertiary alicyclic amines) is 1. The highest BCUT2D eigenvalue weighted by molar-refractivity contribution is 7.86. The zero-order chi connectivity index (χ0) is 18.8. The average molecular weight is 372 g/mol. The number of hydrogen-bond donors (Lipinski definition) is 0. The Labute approximate surface area is 150 Å². The largest absolute Gasteiger partial charge is 0.282 e. The van der Waals surface area contributed by atoms with Crippen LogP contribution < -0.4 is 0 Å². The summed E-state index contributed by atoms with van der Waals surface area (Å²) in [5.74, 6) is -0.333. The van der Waals surface area contributed by atoms with E-state index in [1.165, 1.54) is 13.5 Å². The van der Waals surface area contributed by atoms with Crippen LogP contribution in [0.1, 0.15) is 41.0 Å². The number of rotatable bonds is 4. The third-order valence-electron chi connectivity index (χ3n) is 6.57. The van der Waals surface area contributed by atoms with Gasteiger partial charge in [-0.1, -0.05) is 20.8 Å². The van der Waals surface area contributed by atoms with Crippen LogP contribution in [0.5, 0.6) is 0 Å². The van der Waals surface area contributed by atoms with Crippen molar-refractivity contribution in [2.24, 2.45) is 23.7 Å². The van der Waals surface area contributed by atoms with Gasteiger partial charge in [-0.25, -0.2) is 0 Å². The smallest absolute Gasteiger partial charge is 0.277 e. The highest BCUT2D eigenvalue weighted by Gasteiger charge is 2.60. The van der Waals surface area contributed by atoms with Gasteiger partial charge < -0.3 is 0 Å². The molecule has 1 unspecified atom stereocenters. The Bertz CT molecular complexity index is 684. The summed E-state index contributed by atoms with van der Waals surface area (Å²) >= 11 is 0. The van der Waals surface area contributed by atoms with Crippen LogP contribution in [0.3, 0.4) is 0 Å². The van der Waals surface area contributed by atoms with Crippen LogP contribution in [0.2, 0.25) is 0 Å². The fourth-order valence-corrected chi connectivity index (χ4v) is 6.24. The Balaban J connectivity index is 1.87. The van der Waals surface area contributed by atoms with Gasteiger partial charge in [0.1, 0.15) is 0 Å². The maximum absolute atomic E-state index is 12.9. The third kappa shape index (κ3) is 2.64. The van der Waals surface area contributed by atoms with Gasteiger partial charge in [-0.05, 0) is 32.1 Å². The number of carbonyl (C=O) groups is 2. The fraction of sp³-hybridized carbons (Fsp3) is 0.882. The molecule has 3 aliphatic rings. The molecule has 0 aromatic heterocycles. The number of carbonyl (C=O) groups excluding carboxylic acids is 2. The number of hydrogen-bond acceptors (Lipinski definition) is 4.